The van der Waals surface area contributed by atoms with Gasteiger partial charge in [-0.2, -0.15) is 4.57 Å². The molecular formula is C22H24N2O4S2. The fraction of sp³-hybridized carbons (Fsp3) is 0.227. The van der Waals surface area contributed by atoms with Gasteiger partial charge in [-0.3, -0.25) is 4.18 Å². The van der Waals surface area contributed by atoms with E-state index in [0.717, 1.165) is 7.11 Å². The Bertz CT molecular complexity index is 1240. The fourth-order valence-corrected chi connectivity index (χ4v) is 4.35. The van der Waals surface area contributed by atoms with Crippen molar-refractivity contribution in [1.82, 2.24) is 0 Å². The number of aromatic nitrogens is 1. The third kappa shape index (κ3) is 4.84. The minimum absolute atomic E-state index is 0.808. The number of thioether (sulfide) groups is 1. The van der Waals surface area contributed by atoms with Crippen LogP contribution in [0, 0.1) is 13.8 Å². The van der Waals surface area contributed by atoms with Crippen molar-refractivity contribution in [2.45, 2.75) is 18.7 Å². The maximum atomic E-state index is 9.22. The first-order chi connectivity index (χ1) is 14.1. The van der Waals surface area contributed by atoms with Crippen molar-refractivity contribution in [2.75, 3.05) is 19.1 Å². The predicted molar refractivity (Wildman–Crippen MR) is 120 cm³/mol. The second-order valence-electron chi connectivity index (χ2n) is 7.00. The number of para-hydroxylation sites is 1. The lowest BCUT2D eigenvalue weighted by Gasteiger charge is -2.14. The quantitative estimate of drug-likeness (QED) is 0.339. The summed E-state index contributed by atoms with van der Waals surface area (Å²) in [5.74, 6) is 0. The maximum absolute atomic E-state index is 9.22. The third-order valence-corrected chi connectivity index (χ3v) is 6.63. The lowest BCUT2D eigenvalue weighted by atomic mass is 10.1. The SMILES string of the molecule is COS(=O)(=O)[O-].Cc1cc2c(cc1C)N(C)/C(=C/c1ccc3ccccc3[n+]1C)S2. The van der Waals surface area contributed by atoms with Gasteiger partial charge in [-0.05, 0) is 49.2 Å². The van der Waals surface area contributed by atoms with Crippen LogP contribution < -0.4 is 9.47 Å². The van der Waals surface area contributed by atoms with Gasteiger partial charge in [0, 0.05) is 35.5 Å². The van der Waals surface area contributed by atoms with Crippen molar-refractivity contribution < 1.29 is 21.7 Å². The summed E-state index contributed by atoms with van der Waals surface area (Å²) in [5, 5.41) is 2.53. The summed E-state index contributed by atoms with van der Waals surface area (Å²) in [6, 6.07) is 17.5. The number of fused-ring (bicyclic) bond motifs is 2. The zero-order valence-electron chi connectivity index (χ0n) is 17.5. The van der Waals surface area contributed by atoms with E-state index in [9.17, 15) is 13.0 Å². The second kappa shape index (κ2) is 8.77. The summed E-state index contributed by atoms with van der Waals surface area (Å²) >= 11 is 1.85. The number of rotatable bonds is 2. The zero-order valence-corrected chi connectivity index (χ0v) is 19.2. The van der Waals surface area contributed by atoms with Crippen LogP contribution in [0.5, 0.6) is 0 Å². The number of hydrogen-bond donors (Lipinski definition) is 0. The molecule has 0 aliphatic carbocycles. The molecule has 1 aromatic heterocycles. The Morgan fingerprint density at radius 1 is 1.10 bits per heavy atom. The average Bonchev–Trinajstić information content (AvgIpc) is 2.99. The number of nitrogens with zero attached hydrogens (tertiary/aromatic N) is 2. The van der Waals surface area contributed by atoms with Crippen LogP contribution in [0.25, 0.3) is 17.0 Å². The highest BCUT2D eigenvalue weighted by molar-refractivity contribution is 8.03. The van der Waals surface area contributed by atoms with Crippen LogP contribution in [0.15, 0.2) is 58.5 Å². The highest BCUT2D eigenvalue weighted by atomic mass is 32.3. The lowest BCUT2D eigenvalue weighted by Crippen LogP contribution is -2.32. The molecule has 0 amide bonds. The Balaban J connectivity index is 0.000000377. The molecule has 0 N–H and O–H groups in total. The van der Waals surface area contributed by atoms with Crippen LogP contribution in [0.1, 0.15) is 16.8 Å². The van der Waals surface area contributed by atoms with Gasteiger partial charge < -0.3 is 9.45 Å². The minimum Gasteiger partial charge on any atom is -0.726 e. The highest BCUT2D eigenvalue weighted by Crippen LogP contribution is 2.46. The van der Waals surface area contributed by atoms with Gasteiger partial charge in [0.2, 0.25) is 21.6 Å². The van der Waals surface area contributed by atoms with E-state index in [1.54, 1.807) is 0 Å². The molecule has 0 fully saturated rings. The molecule has 1 aliphatic heterocycles. The molecule has 0 spiro atoms. The Hall–Kier alpha value is -2.39. The summed E-state index contributed by atoms with van der Waals surface area (Å²) < 4.78 is 33.3. The molecule has 3 aromatic rings. The molecule has 1 aliphatic rings. The molecule has 30 heavy (non-hydrogen) atoms. The van der Waals surface area contributed by atoms with Crippen molar-refractivity contribution in [3.05, 3.63) is 70.4 Å². The van der Waals surface area contributed by atoms with E-state index < -0.39 is 10.4 Å². The Kier molecular flexibility index (Phi) is 6.52. The van der Waals surface area contributed by atoms with Crippen molar-refractivity contribution >= 4 is 44.8 Å². The molecule has 4 rings (SSSR count). The van der Waals surface area contributed by atoms with Crippen molar-refractivity contribution in [3.8, 4) is 0 Å². The molecule has 6 nitrogen and oxygen atoms in total. The smallest absolute Gasteiger partial charge is 0.217 e. The molecule has 158 valence electrons. The van der Waals surface area contributed by atoms with Gasteiger partial charge in [0.15, 0.2) is 0 Å². The summed E-state index contributed by atoms with van der Waals surface area (Å²) in [4.78, 5) is 3.64. The van der Waals surface area contributed by atoms with E-state index in [0.29, 0.717) is 0 Å². The molecule has 0 radical (unpaired) electrons. The summed E-state index contributed by atoms with van der Waals surface area (Å²) in [6.07, 6.45) is 2.28. The highest BCUT2D eigenvalue weighted by Gasteiger charge is 2.24. The Morgan fingerprint density at radius 2 is 1.73 bits per heavy atom. The second-order valence-corrected chi connectivity index (χ2v) is 9.21. The summed E-state index contributed by atoms with van der Waals surface area (Å²) in [5.41, 5.74) is 6.47. The molecule has 2 heterocycles. The van der Waals surface area contributed by atoms with E-state index in [1.807, 2.05) is 11.8 Å². The van der Waals surface area contributed by atoms with Crippen molar-refractivity contribution in [1.29, 1.82) is 0 Å². The number of aryl methyl sites for hydroxylation is 3. The molecule has 8 heteroatoms. The monoisotopic (exact) mass is 444 g/mol. The van der Waals surface area contributed by atoms with Gasteiger partial charge in [-0.15, -0.1) is 0 Å². The van der Waals surface area contributed by atoms with Crippen LogP contribution >= 0.6 is 11.8 Å². The summed E-state index contributed by atoms with van der Waals surface area (Å²) in [7, 11) is 0.684. The van der Waals surface area contributed by atoms with Gasteiger partial charge in [-0.1, -0.05) is 23.9 Å². The van der Waals surface area contributed by atoms with E-state index in [-0.39, 0.29) is 0 Å². The largest absolute Gasteiger partial charge is 0.726 e. The van der Waals surface area contributed by atoms with E-state index in [2.05, 4.69) is 96.2 Å². The molecule has 0 unspecified atom stereocenters. The normalized spacial score (nSPS) is 14.6. The Labute approximate surface area is 181 Å². The molecule has 0 saturated heterocycles. The first kappa shape index (κ1) is 22.3. The standard InChI is InChI=1S/C21H21N2S.CH4O4S/c1-14-11-19-20(12-15(14)2)24-21(23(19)4)13-17-10-9-16-7-5-6-8-18(16)22(17)3;1-5-6(2,3)4/h5-13H,1-4H3;1H3,(H,2,3,4)/q+1;/p-1. The zero-order chi connectivity index (χ0) is 22.1. The molecule has 0 saturated carbocycles. The number of benzene rings is 2. The van der Waals surface area contributed by atoms with E-state index >= 15 is 0 Å². The summed E-state index contributed by atoms with van der Waals surface area (Å²) in [6.45, 7) is 4.36. The topological polar surface area (TPSA) is 73.5 Å². The lowest BCUT2D eigenvalue weighted by molar-refractivity contribution is -0.646. The minimum atomic E-state index is -4.41. The third-order valence-electron chi connectivity index (χ3n) is 5.08. The van der Waals surface area contributed by atoms with Gasteiger partial charge in [0.25, 0.3) is 0 Å². The fourth-order valence-electron chi connectivity index (χ4n) is 3.18. The van der Waals surface area contributed by atoms with Crippen LogP contribution in [-0.4, -0.2) is 27.1 Å². The molecular weight excluding hydrogens is 420 g/mol. The van der Waals surface area contributed by atoms with Gasteiger partial charge in [-0.25, -0.2) is 8.42 Å². The van der Waals surface area contributed by atoms with Crippen LogP contribution in [-0.2, 0) is 21.6 Å². The average molecular weight is 445 g/mol. The molecule has 2 aromatic carbocycles. The van der Waals surface area contributed by atoms with E-state index in [4.69, 9.17) is 0 Å². The molecule has 0 atom stereocenters. The van der Waals surface area contributed by atoms with Gasteiger partial charge in [0.05, 0.1) is 17.8 Å². The number of pyridine rings is 1. The Morgan fingerprint density at radius 3 is 2.40 bits per heavy atom. The maximum Gasteiger partial charge on any atom is 0.217 e. The van der Waals surface area contributed by atoms with Crippen molar-refractivity contribution in [2.24, 2.45) is 7.05 Å². The first-order valence-corrected chi connectivity index (χ1v) is 11.4. The van der Waals surface area contributed by atoms with Crippen LogP contribution in [0.2, 0.25) is 0 Å². The van der Waals surface area contributed by atoms with Crippen LogP contribution in [0.3, 0.4) is 0 Å². The molecule has 0 bridgehead atoms. The van der Waals surface area contributed by atoms with Gasteiger partial charge in [0.1, 0.15) is 7.05 Å². The first-order valence-electron chi connectivity index (χ1n) is 9.24. The number of anilines is 1. The van der Waals surface area contributed by atoms with Gasteiger partial charge >= 0.3 is 0 Å². The van der Waals surface area contributed by atoms with E-state index in [1.165, 1.54) is 43.3 Å². The van der Waals surface area contributed by atoms with Crippen LogP contribution in [0.4, 0.5) is 5.69 Å². The van der Waals surface area contributed by atoms with Crippen molar-refractivity contribution in [3.63, 3.8) is 0 Å². The number of hydrogen-bond acceptors (Lipinski definition) is 6. The predicted octanol–water partition coefficient (Wildman–Crippen LogP) is 3.91.